The second kappa shape index (κ2) is 7.56. The normalized spacial score (nSPS) is 19.7. The lowest BCUT2D eigenvalue weighted by atomic mass is 10.2. The number of rotatable bonds is 4. The summed E-state index contributed by atoms with van der Waals surface area (Å²) in [6.07, 6.45) is 4.26. The van der Waals surface area contributed by atoms with Gasteiger partial charge in [-0.05, 0) is 18.6 Å². The first-order chi connectivity index (χ1) is 13.2. The summed E-state index contributed by atoms with van der Waals surface area (Å²) in [6.45, 7) is 2.59. The van der Waals surface area contributed by atoms with Crippen molar-refractivity contribution in [3.05, 3.63) is 36.8 Å². The minimum atomic E-state index is -0.364. The molecule has 1 atom stereocenters. The average Bonchev–Trinajstić information content (AvgIpc) is 3.15. The van der Waals surface area contributed by atoms with Gasteiger partial charge in [-0.25, -0.2) is 15.0 Å². The zero-order valence-electron chi connectivity index (χ0n) is 14.8. The fourth-order valence-corrected chi connectivity index (χ4v) is 3.33. The van der Waals surface area contributed by atoms with Gasteiger partial charge in [0.25, 0.3) is 0 Å². The number of nitrogens with one attached hydrogen (secondary N) is 2. The highest BCUT2D eigenvalue weighted by atomic mass is 16.2. The molecule has 0 saturated carbocycles. The van der Waals surface area contributed by atoms with Crippen molar-refractivity contribution in [3.63, 3.8) is 0 Å². The summed E-state index contributed by atoms with van der Waals surface area (Å²) in [5.74, 6) is 2.17. The van der Waals surface area contributed by atoms with Crippen LogP contribution in [-0.2, 0) is 9.59 Å². The van der Waals surface area contributed by atoms with Gasteiger partial charge in [0.1, 0.15) is 29.8 Å². The van der Waals surface area contributed by atoms with Crippen molar-refractivity contribution in [2.24, 2.45) is 0 Å². The van der Waals surface area contributed by atoms with Gasteiger partial charge >= 0.3 is 0 Å². The maximum atomic E-state index is 12.5. The molecule has 9 heteroatoms. The third-order valence-electron chi connectivity index (χ3n) is 4.78. The molecule has 0 unspecified atom stereocenters. The van der Waals surface area contributed by atoms with Crippen LogP contribution < -0.4 is 15.5 Å². The number of nitrogens with zero attached hydrogens (tertiary/aromatic N) is 5. The van der Waals surface area contributed by atoms with E-state index in [9.17, 15) is 9.59 Å². The van der Waals surface area contributed by atoms with Gasteiger partial charge in [-0.15, -0.1) is 0 Å². The monoisotopic (exact) mass is 367 g/mol. The molecule has 2 aromatic heterocycles. The van der Waals surface area contributed by atoms with Crippen molar-refractivity contribution in [3.8, 4) is 0 Å². The quantitative estimate of drug-likeness (QED) is 0.813. The van der Waals surface area contributed by atoms with E-state index < -0.39 is 0 Å². The number of pyridine rings is 1. The number of piperazine rings is 1. The Morgan fingerprint density at radius 1 is 1.11 bits per heavy atom. The molecule has 0 aliphatic carbocycles. The summed E-state index contributed by atoms with van der Waals surface area (Å²) in [5.41, 5.74) is 0. The topological polar surface area (TPSA) is 103 Å². The molecule has 0 spiro atoms. The molecule has 27 heavy (non-hydrogen) atoms. The predicted molar refractivity (Wildman–Crippen MR) is 99.5 cm³/mol. The van der Waals surface area contributed by atoms with Gasteiger partial charge in [0.15, 0.2) is 0 Å². The first-order valence-corrected chi connectivity index (χ1v) is 9.02. The molecule has 2 aliphatic rings. The van der Waals surface area contributed by atoms with Gasteiger partial charge in [0, 0.05) is 44.9 Å². The van der Waals surface area contributed by atoms with Crippen molar-refractivity contribution in [1.82, 2.24) is 25.2 Å². The van der Waals surface area contributed by atoms with Crippen LogP contribution in [0.5, 0.6) is 0 Å². The molecule has 2 fully saturated rings. The van der Waals surface area contributed by atoms with Crippen molar-refractivity contribution in [1.29, 1.82) is 0 Å². The van der Waals surface area contributed by atoms with Crippen LogP contribution in [0, 0.1) is 0 Å². The number of anilines is 3. The van der Waals surface area contributed by atoms with E-state index in [0.717, 1.165) is 11.6 Å². The minimum absolute atomic E-state index is 0.0145. The lowest BCUT2D eigenvalue weighted by molar-refractivity contribution is -0.134. The molecule has 140 valence electrons. The lowest BCUT2D eigenvalue weighted by Gasteiger charge is -2.36. The largest absolute Gasteiger partial charge is 0.353 e. The molecule has 0 radical (unpaired) electrons. The molecule has 2 aromatic rings. The van der Waals surface area contributed by atoms with Crippen LogP contribution in [0.25, 0.3) is 0 Å². The number of amides is 2. The van der Waals surface area contributed by atoms with Crippen LogP contribution in [0.3, 0.4) is 0 Å². The summed E-state index contributed by atoms with van der Waals surface area (Å²) >= 11 is 0. The third-order valence-corrected chi connectivity index (χ3v) is 4.78. The molecule has 4 heterocycles. The van der Waals surface area contributed by atoms with Crippen LogP contribution in [0.1, 0.15) is 12.8 Å². The average molecular weight is 367 g/mol. The summed E-state index contributed by atoms with van der Waals surface area (Å²) < 4.78 is 0. The van der Waals surface area contributed by atoms with E-state index in [-0.39, 0.29) is 17.9 Å². The van der Waals surface area contributed by atoms with Crippen LogP contribution in [0.4, 0.5) is 17.5 Å². The maximum absolute atomic E-state index is 12.5. The molecule has 2 aliphatic heterocycles. The van der Waals surface area contributed by atoms with Crippen LogP contribution in [-0.4, -0.2) is 63.9 Å². The van der Waals surface area contributed by atoms with Gasteiger partial charge in [0.05, 0.1) is 0 Å². The first kappa shape index (κ1) is 17.2. The SMILES string of the molecule is O=C1CC[C@H](C(=O)N2CCN(c3cc(Nc4ccccn4)ncn3)CC2)N1. The Balaban J connectivity index is 1.36. The molecule has 9 nitrogen and oxygen atoms in total. The van der Waals surface area contributed by atoms with E-state index in [4.69, 9.17) is 0 Å². The fourth-order valence-electron chi connectivity index (χ4n) is 3.33. The van der Waals surface area contributed by atoms with Gasteiger partial charge in [0.2, 0.25) is 11.8 Å². The van der Waals surface area contributed by atoms with E-state index in [1.165, 1.54) is 6.33 Å². The molecule has 2 N–H and O–H groups in total. The Kier molecular flexibility index (Phi) is 4.82. The highest BCUT2D eigenvalue weighted by Crippen LogP contribution is 2.19. The highest BCUT2D eigenvalue weighted by Gasteiger charge is 2.32. The van der Waals surface area contributed by atoms with Crippen LogP contribution in [0.2, 0.25) is 0 Å². The van der Waals surface area contributed by atoms with E-state index in [0.29, 0.717) is 44.8 Å². The number of hydrogen-bond acceptors (Lipinski definition) is 7. The van der Waals surface area contributed by atoms with E-state index >= 15 is 0 Å². The fraction of sp³-hybridized carbons (Fsp3) is 0.389. The number of aromatic nitrogens is 3. The number of carbonyl (C=O) groups excluding carboxylic acids is 2. The Morgan fingerprint density at radius 2 is 1.96 bits per heavy atom. The molecule has 2 saturated heterocycles. The molecule has 0 aromatic carbocycles. The van der Waals surface area contributed by atoms with Crippen LogP contribution >= 0.6 is 0 Å². The summed E-state index contributed by atoms with van der Waals surface area (Å²) in [5, 5.41) is 5.90. The molecule has 0 bridgehead atoms. The van der Waals surface area contributed by atoms with Gasteiger partial charge in [-0.1, -0.05) is 6.07 Å². The second-order valence-electron chi connectivity index (χ2n) is 6.57. The molecular weight excluding hydrogens is 346 g/mol. The van der Waals surface area contributed by atoms with Crippen molar-refractivity contribution in [2.45, 2.75) is 18.9 Å². The Hall–Kier alpha value is -3.23. The van der Waals surface area contributed by atoms with Gasteiger partial charge in [-0.3, -0.25) is 9.59 Å². The first-order valence-electron chi connectivity index (χ1n) is 9.02. The van der Waals surface area contributed by atoms with Gasteiger partial charge in [-0.2, -0.15) is 0 Å². The van der Waals surface area contributed by atoms with Gasteiger partial charge < -0.3 is 20.4 Å². The Morgan fingerprint density at radius 3 is 2.67 bits per heavy atom. The molecule has 4 rings (SSSR count). The van der Waals surface area contributed by atoms with E-state index in [1.54, 1.807) is 6.20 Å². The van der Waals surface area contributed by atoms with Crippen LogP contribution in [0.15, 0.2) is 36.8 Å². The standard InChI is InChI=1S/C18H21N7O2/c26-17-5-4-13(22-17)18(27)25-9-7-24(8-10-25)16-11-15(20-12-21-16)23-14-3-1-2-6-19-14/h1-3,6,11-13H,4-5,7-10H2,(H,22,26)(H,19,20,21,23)/t13-/m1/s1. The zero-order valence-corrected chi connectivity index (χ0v) is 14.8. The molecular formula is C18H21N7O2. The van der Waals surface area contributed by atoms with Crippen molar-refractivity contribution in [2.75, 3.05) is 36.4 Å². The predicted octanol–water partition coefficient (Wildman–Crippen LogP) is 0.542. The van der Waals surface area contributed by atoms with Crippen molar-refractivity contribution >= 4 is 29.3 Å². The Bertz CT molecular complexity index is 821. The maximum Gasteiger partial charge on any atom is 0.245 e. The summed E-state index contributed by atoms with van der Waals surface area (Å²) in [4.78, 5) is 40.6. The number of carbonyl (C=O) groups is 2. The third kappa shape index (κ3) is 3.97. The summed E-state index contributed by atoms with van der Waals surface area (Å²) in [7, 11) is 0. The molecule has 2 amide bonds. The summed E-state index contributed by atoms with van der Waals surface area (Å²) in [6, 6.07) is 7.14. The number of hydrogen-bond donors (Lipinski definition) is 2. The highest BCUT2D eigenvalue weighted by molar-refractivity contribution is 5.90. The second-order valence-corrected chi connectivity index (χ2v) is 6.57. The minimum Gasteiger partial charge on any atom is -0.353 e. The smallest absolute Gasteiger partial charge is 0.245 e. The zero-order chi connectivity index (χ0) is 18.6. The Labute approximate surface area is 156 Å². The van der Waals surface area contributed by atoms with E-state index in [2.05, 4.69) is 30.5 Å². The van der Waals surface area contributed by atoms with E-state index in [1.807, 2.05) is 29.2 Å². The van der Waals surface area contributed by atoms with Crippen molar-refractivity contribution < 1.29 is 9.59 Å². The lowest BCUT2D eigenvalue weighted by Crippen LogP contribution is -2.53.